The highest BCUT2D eigenvalue weighted by Gasteiger charge is 2.21. The number of amides is 1. The van der Waals surface area contributed by atoms with Crippen molar-refractivity contribution in [2.75, 3.05) is 0 Å². The highest BCUT2D eigenvalue weighted by Crippen LogP contribution is 2.27. The van der Waals surface area contributed by atoms with Crippen LogP contribution in [0.4, 0.5) is 0 Å². The Hall–Kier alpha value is -2.80. The number of nitrogens with zero attached hydrogens (tertiary/aromatic N) is 3. The molecule has 7 heteroatoms. The van der Waals surface area contributed by atoms with Crippen molar-refractivity contribution in [3.8, 4) is 0 Å². The van der Waals surface area contributed by atoms with E-state index in [9.17, 15) is 4.79 Å². The quantitative estimate of drug-likeness (QED) is 0.514. The Morgan fingerprint density at radius 2 is 1.96 bits per heavy atom. The van der Waals surface area contributed by atoms with Crippen molar-refractivity contribution in [2.24, 2.45) is 0 Å². The topological polar surface area (TPSA) is 75.1 Å². The van der Waals surface area contributed by atoms with Gasteiger partial charge in [0.2, 0.25) is 11.7 Å². The van der Waals surface area contributed by atoms with Crippen LogP contribution < -0.4 is 5.32 Å². The van der Waals surface area contributed by atoms with E-state index >= 15 is 0 Å². The number of carbonyl (C=O) groups excluding carboxylic acids is 1. The number of carbonyl (C=O) groups is 1. The first-order valence-electron chi connectivity index (χ1n) is 8.56. The molecule has 0 radical (unpaired) electrons. The van der Waals surface area contributed by atoms with E-state index in [1.54, 1.807) is 0 Å². The number of rotatable bonds is 6. The number of H-pyrrole nitrogens is 1. The third-order valence-corrected chi connectivity index (χ3v) is 5.54. The predicted octanol–water partition coefficient (Wildman–Crippen LogP) is 3.40. The van der Waals surface area contributed by atoms with Gasteiger partial charge in [-0.25, -0.2) is 10.1 Å². The predicted molar refractivity (Wildman–Crippen MR) is 103 cm³/mol. The number of fused-ring (bicyclic) bond motifs is 3. The van der Waals surface area contributed by atoms with Gasteiger partial charge >= 0.3 is 0 Å². The second kappa shape index (κ2) is 7.21. The molecule has 0 aliphatic rings. The summed E-state index contributed by atoms with van der Waals surface area (Å²) in [6.45, 7) is 2.54. The number of para-hydroxylation sites is 2. The van der Waals surface area contributed by atoms with Gasteiger partial charge in [0, 0.05) is 6.54 Å². The lowest BCUT2D eigenvalue weighted by atomic mass is 10.2. The van der Waals surface area contributed by atoms with Crippen molar-refractivity contribution in [3.05, 3.63) is 60.2 Å². The number of benzene rings is 2. The first-order valence-corrected chi connectivity index (χ1v) is 9.44. The molecule has 26 heavy (non-hydrogen) atoms. The molecule has 132 valence electrons. The summed E-state index contributed by atoms with van der Waals surface area (Å²) < 4.78 is 1.97. The summed E-state index contributed by atoms with van der Waals surface area (Å²) in [6.07, 6.45) is 0.715. The van der Waals surface area contributed by atoms with Crippen molar-refractivity contribution in [1.82, 2.24) is 24.9 Å². The Labute approximate surface area is 155 Å². The van der Waals surface area contributed by atoms with Crippen LogP contribution in [0.3, 0.4) is 0 Å². The van der Waals surface area contributed by atoms with E-state index in [-0.39, 0.29) is 11.2 Å². The van der Waals surface area contributed by atoms with Crippen molar-refractivity contribution in [3.63, 3.8) is 0 Å². The van der Waals surface area contributed by atoms with E-state index < -0.39 is 0 Å². The highest BCUT2D eigenvalue weighted by molar-refractivity contribution is 8.00. The zero-order valence-corrected chi connectivity index (χ0v) is 15.2. The van der Waals surface area contributed by atoms with E-state index in [2.05, 4.69) is 20.5 Å². The SMILES string of the molecule is CCC(Sc1n[nH]c2nc3ccccc3n12)C(=O)NCc1ccccc1. The van der Waals surface area contributed by atoms with Gasteiger partial charge in [-0.3, -0.25) is 9.20 Å². The van der Waals surface area contributed by atoms with Gasteiger partial charge in [0.05, 0.1) is 16.3 Å². The second-order valence-corrected chi connectivity index (χ2v) is 7.15. The normalized spacial score (nSPS) is 12.5. The molecule has 4 rings (SSSR count). The minimum absolute atomic E-state index is 0.0157. The van der Waals surface area contributed by atoms with Gasteiger partial charge in [-0.1, -0.05) is 61.2 Å². The summed E-state index contributed by atoms with van der Waals surface area (Å²) in [5.41, 5.74) is 2.98. The van der Waals surface area contributed by atoms with Crippen LogP contribution in [0.15, 0.2) is 59.8 Å². The summed E-state index contributed by atoms with van der Waals surface area (Å²) in [5.74, 6) is 0.704. The van der Waals surface area contributed by atoms with Crippen LogP contribution in [0.1, 0.15) is 18.9 Å². The molecule has 2 aromatic carbocycles. The minimum Gasteiger partial charge on any atom is -0.351 e. The fourth-order valence-corrected chi connectivity index (χ4v) is 3.87. The maximum atomic E-state index is 12.6. The third kappa shape index (κ3) is 3.17. The molecule has 0 fully saturated rings. The highest BCUT2D eigenvalue weighted by atomic mass is 32.2. The molecule has 1 unspecified atom stereocenters. The molecule has 1 atom stereocenters. The van der Waals surface area contributed by atoms with Crippen LogP contribution in [0.25, 0.3) is 16.8 Å². The Balaban J connectivity index is 1.53. The second-order valence-electron chi connectivity index (χ2n) is 5.98. The number of imidazole rings is 1. The summed E-state index contributed by atoms with van der Waals surface area (Å²) >= 11 is 1.46. The van der Waals surface area contributed by atoms with E-state index in [1.165, 1.54) is 11.8 Å². The molecule has 2 heterocycles. The molecule has 6 nitrogen and oxygen atoms in total. The van der Waals surface area contributed by atoms with Gasteiger partial charge in [0.1, 0.15) is 0 Å². The van der Waals surface area contributed by atoms with Crippen molar-refractivity contribution in [1.29, 1.82) is 0 Å². The van der Waals surface area contributed by atoms with Crippen LogP contribution in [0, 0.1) is 0 Å². The Morgan fingerprint density at radius 1 is 1.19 bits per heavy atom. The minimum atomic E-state index is -0.216. The van der Waals surface area contributed by atoms with E-state index in [0.717, 1.165) is 21.8 Å². The fourth-order valence-electron chi connectivity index (χ4n) is 2.87. The number of aromatic nitrogens is 4. The molecule has 4 aromatic rings. The molecule has 2 aromatic heterocycles. The monoisotopic (exact) mass is 365 g/mol. The largest absolute Gasteiger partial charge is 0.351 e. The van der Waals surface area contributed by atoms with Crippen LogP contribution in [0.5, 0.6) is 0 Å². The molecule has 0 aliphatic carbocycles. The lowest BCUT2D eigenvalue weighted by Gasteiger charge is -2.13. The number of nitrogens with one attached hydrogen (secondary N) is 2. The van der Waals surface area contributed by atoms with Crippen molar-refractivity contribution >= 4 is 34.5 Å². The maximum absolute atomic E-state index is 12.6. The molecule has 2 N–H and O–H groups in total. The first-order chi connectivity index (χ1) is 12.8. The van der Waals surface area contributed by atoms with Gasteiger partial charge in [-0.2, -0.15) is 0 Å². The summed E-state index contributed by atoms with van der Waals surface area (Å²) in [4.78, 5) is 17.1. The summed E-state index contributed by atoms with van der Waals surface area (Å²) in [7, 11) is 0. The average Bonchev–Trinajstić information content (AvgIpc) is 3.24. The standard InChI is InChI=1S/C19H19N5OS/c1-2-16(17(25)20-12-13-8-4-3-5-9-13)26-19-23-22-18-21-14-10-6-7-11-15(14)24(18)19/h3-11,16H,2,12H2,1H3,(H,20,25)(H,21,22). The molecular formula is C19H19N5OS. The zero-order valence-electron chi connectivity index (χ0n) is 14.3. The molecular weight excluding hydrogens is 346 g/mol. The summed E-state index contributed by atoms with van der Waals surface area (Å²) in [5, 5.41) is 10.9. The number of aromatic amines is 1. The third-order valence-electron chi connectivity index (χ3n) is 4.22. The number of hydrogen-bond donors (Lipinski definition) is 2. The van der Waals surface area contributed by atoms with E-state index in [1.807, 2.05) is 65.9 Å². The zero-order chi connectivity index (χ0) is 17.9. The van der Waals surface area contributed by atoms with Gasteiger partial charge in [0.15, 0.2) is 5.16 Å². The lowest BCUT2D eigenvalue weighted by molar-refractivity contribution is -0.120. The van der Waals surface area contributed by atoms with Crippen LogP contribution >= 0.6 is 11.8 Å². The lowest BCUT2D eigenvalue weighted by Crippen LogP contribution is -2.32. The van der Waals surface area contributed by atoms with Gasteiger partial charge < -0.3 is 5.32 Å². The average molecular weight is 365 g/mol. The van der Waals surface area contributed by atoms with Crippen molar-refractivity contribution in [2.45, 2.75) is 30.3 Å². The maximum Gasteiger partial charge on any atom is 0.233 e. The fraction of sp³-hybridized carbons (Fsp3) is 0.211. The van der Waals surface area contributed by atoms with Crippen LogP contribution in [-0.4, -0.2) is 30.7 Å². The number of thioether (sulfide) groups is 1. The molecule has 0 bridgehead atoms. The molecule has 0 saturated carbocycles. The van der Waals surface area contributed by atoms with Gasteiger partial charge in [0.25, 0.3) is 0 Å². The van der Waals surface area contributed by atoms with E-state index in [4.69, 9.17) is 0 Å². The van der Waals surface area contributed by atoms with Crippen molar-refractivity contribution < 1.29 is 4.79 Å². The smallest absolute Gasteiger partial charge is 0.233 e. The molecule has 0 spiro atoms. The van der Waals surface area contributed by atoms with Crippen LogP contribution in [-0.2, 0) is 11.3 Å². The van der Waals surface area contributed by atoms with E-state index in [0.29, 0.717) is 18.7 Å². The Morgan fingerprint density at radius 3 is 2.77 bits per heavy atom. The summed E-state index contributed by atoms with van der Waals surface area (Å²) in [6, 6.07) is 17.8. The Kier molecular flexibility index (Phi) is 4.62. The van der Waals surface area contributed by atoms with Gasteiger partial charge in [-0.05, 0) is 24.1 Å². The molecule has 0 aliphatic heterocycles. The Bertz CT molecular complexity index is 1040. The first kappa shape index (κ1) is 16.7. The van der Waals surface area contributed by atoms with Gasteiger partial charge in [-0.15, -0.1) is 5.10 Å². The van der Waals surface area contributed by atoms with Crippen LogP contribution in [0.2, 0.25) is 0 Å². The number of hydrogen-bond acceptors (Lipinski definition) is 4. The molecule has 0 saturated heterocycles. The molecule has 1 amide bonds.